The van der Waals surface area contributed by atoms with Crippen molar-refractivity contribution in [1.82, 2.24) is 10.2 Å². The van der Waals surface area contributed by atoms with Crippen molar-refractivity contribution in [3.63, 3.8) is 0 Å². The van der Waals surface area contributed by atoms with Gasteiger partial charge in [-0.2, -0.15) is 0 Å². The zero-order valence-electron chi connectivity index (χ0n) is 21.2. The summed E-state index contributed by atoms with van der Waals surface area (Å²) in [7, 11) is -4.18. The Balaban J connectivity index is 2.03. The number of hydrogen-bond acceptors (Lipinski definition) is 4. The van der Waals surface area contributed by atoms with Gasteiger partial charge in [0, 0.05) is 12.6 Å². The number of nitrogens with one attached hydrogen (secondary N) is 1. The lowest BCUT2D eigenvalue weighted by molar-refractivity contribution is -0.140. The third kappa shape index (κ3) is 7.16. The predicted molar refractivity (Wildman–Crippen MR) is 142 cm³/mol. The number of carbonyl (C=O) groups excluding carboxylic acids is 2. The highest BCUT2D eigenvalue weighted by Gasteiger charge is 2.33. The summed E-state index contributed by atoms with van der Waals surface area (Å²) in [5.74, 6) is -1.41. The van der Waals surface area contributed by atoms with Gasteiger partial charge in [-0.15, -0.1) is 0 Å². The number of sulfonamides is 1. The van der Waals surface area contributed by atoms with Gasteiger partial charge in [0.05, 0.1) is 10.6 Å². The molecule has 0 heterocycles. The Kier molecular flexibility index (Phi) is 9.41. The number of carbonyl (C=O) groups is 2. The fraction of sp³-hybridized carbons (Fsp3) is 0.286. The number of nitrogens with zero attached hydrogens (tertiary/aromatic N) is 2. The first-order chi connectivity index (χ1) is 17.6. The van der Waals surface area contributed by atoms with E-state index in [1.807, 2.05) is 44.2 Å². The average Bonchev–Trinajstić information content (AvgIpc) is 2.88. The molecule has 0 fully saturated rings. The summed E-state index contributed by atoms with van der Waals surface area (Å²) in [6.07, 6.45) is 0.332. The molecular weight excluding hydrogens is 493 g/mol. The third-order valence-electron chi connectivity index (χ3n) is 5.74. The van der Waals surface area contributed by atoms with Crippen molar-refractivity contribution < 1.29 is 22.4 Å². The molecule has 0 saturated heterocycles. The fourth-order valence-electron chi connectivity index (χ4n) is 3.94. The Hall–Kier alpha value is -3.72. The van der Waals surface area contributed by atoms with E-state index in [1.165, 1.54) is 29.2 Å². The van der Waals surface area contributed by atoms with Crippen molar-refractivity contribution in [2.45, 2.75) is 50.7 Å². The minimum atomic E-state index is -4.18. The van der Waals surface area contributed by atoms with E-state index < -0.39 is 34.3 Å². The molecule has 7 nitrogen and oxygen atoms in total. The zero-order chi connectivity index (χ0) is 27.0. The molecular formula is C28H32FN3O4S. The van der Waals surface area contributed by atoms with Crippen LogP contribution in [0.25, 0.3) is 0 Å². The molecule has 0 aromatic heterocycles. The van der Waals surface area contributed by atoms with Crippen LogP contribution in [0.1, 0.15) is 32.8 Å². The van der Waals surface area contributed by atoms with Crippen molar-refractivity contribution in [2.24, 2.45) is 0 Å². The van der Waals surface area contributed by atoms with Gasteiger partial charge in [0.1, 0.15) is 18.4 Å². The lowest BCUT2D eigenvalue weighted by Gasteiger charge is -2.33. The number of anilines is 1. The summed E-state index contributed by atoms with van der Waals surface area (Å²) < 4.78 is 41.9. The van der Waals surface area contributed by atoms with Gasteiger partial charge in [-0.3, -0.25) is 13.9 Å². The van der Waals surface area contributed by atoms with E-state index in [4.69, 9.17) is 0 Å². The minimum absolute atomic E-state index is 0.00803. The summed E-state index contributed by atoms with van der Waals surface area (Å²) in [5.41, 5.74) is 0.934. The van der Waals surface area contributed by atoms with Crippen LogP contribution < -0.4 is 9.62 Å². The first-order valence-corrected chi connectivity index (χ1v) is 13.5. The van der Waals surface area contributed by atoms with E-state index in [1.54, 1.807) is 25.1 Å². The molecule has 0 bridgehead atoms. The molecule has 0 unspecified atom stereocenters. The van der Waals surface area contributed by atoms with Crippen molar-refractivity contribution in [1.29, 1.82) is 0 Å². The van der Waals surface area contributed by atoms with Crippen molar-refractivity contribution in [3.8, 4) is 0 Å². The second-order valence-electron chi connectivity index (χ2n) is 8.90. The van der Waals surface area contributed by atoms with Crippen LogP contribution in [0.2, 0.25) is 0 Å². The molecule has 0 saturated carbocycles. The Morgan fingerprint density at radius 3 is 2.00 bits per heavy atom. The van der Waals surface area contributed by atoms with Gasteiger partial charge in [0.15, 0.2) is 0 Å². The van der Waals surface area contributed by atoms with Gasteiger partial charge in [-0.1, -0.05) is 55.5 Å². The van der Waals surface area contributed by atoms with Gasteiger partial charge < -0.3 is 10.2 Å². The highest BCUT2D eigenvalue weighted by Crippen LogP contribution is 2.25. The molecule has 1 N–H and O–H groups in total. The van der Waals surface area contributed by atoms with Crippen molar-refractivity contribution in [3.05, 3.63) is 96.3 Å². The van der Waals surface area contributed by atoms with Crippen LogP contribution in [0.3, 0.4) is 0 Å². The Labute approximate surface area is 218 Å². The number of benzene rings is 3. The van der Waals surface area contributed by atoms with Crippen LogP contribution >= 0.6 is 0 Å². The summed E-state index contributed by atoms with van der Waals surface area (Å²) in [6.45, 7) is 5.01. The quantitative estimate of drug-likeness (QED) is 0.403. The molecule has 0 radical (unpaired) electrons. The molecule has 0 aliphatic rings. The Morgan fingerprint density at radius 1 is 0.892 bits per heavy atom. The standard InChI is InChI=1S/C28H32FN3O4S/c1-4-26(28(34)30-21(2)3)31(19-22-11-7-5-8-12-22)27(33)20-32(24-17-15-23(29)16-18-24)37(35,36)25-13-9-6-10-14-25/h5-18,21,26H,4,19-20H2,1-3H3,(H,30,34)/t26-/m0/s1. The van der Waals surface area contributed by atoms with E-state index in [0.29, 0.717) is 6.42 Å². The molecule has 9 heteroatoms. The fourth-order valence-corrected chi connectivity index (χ4v) is 5.37. The summed E-state index contributed by atoms with van der Waals surface area (Å²) in [5, 5.41) is 2.86. The summed E-state index contributed by atoms with van der Waals surface area (Å²) >= 11 is 0. The SMILES string of the molecule is CC[C@@H](C(=O)NC(C)C)N(Cc1ccccc1)C(=O)CN(c1ccc(F)cc1)S(=O)(=O)c1ccccc1. The number of amides is 2. The predicted octanol–water partition coefficient (Wildman–Crippen LogP) is 4.35. The normalized spacial score (nSPS) is 12.1. The molecule has 3 aromatic rings. The third-order valence-corrected chi connectivity index (χ3v) is 7.53. The lowest BCUT2D eigenvalue weighted by Crippen LogP contribution is -2.53. The van der Waals surface area contributed by atoms with Crippen LogP contribution in [-0.2, 0) is 26.2 Å². The van der Waals surface area contributed by atoms with E-state index in [-0.39, 0.29) is 29.1 Å². The second-order valence-corrected chi connectivity index (χ2v) is 10.8. The van der Waals surface area contributed by atoms with E-state index >= 15 is 0 Å². The van der Waals surface area contributed by atoms with Gasteiger partial charge in [-0.25, -0.2) is 12.8 Å². The monoisotopic (exact) mass is 525 g/mol. The molecule has 2 amide bonds. The van der Waals surface area contributed by atoms with Crippen LogP contribution in [0.4, 0.5) is 10.1 Å². The molecule has 3 rings (SSSR count). The molecule has 0 aliphatic carbocycles. The maximum Gasteiger partial charge on any atom is 0.264 e. The molecule has 37 heavy (non-hydrogen) atoms. The van der Waals surface area contributed by atoms with Gasteiger partial charge in [-0.05, 0) is 62.2 Å². The van der Waals surface area contributed by atoms with E-state index in [9.17, 15) is 22.4 Å². The van der Waals surface area contributed by atoms with E-state index in [2.05, 4.69) is 5.32 Å². The maximum atomic E-state index is 13.8. The van der Waals surface area contributed by atoms with Crippen LogP contribution in [-0.4, -0.2) is 43.8 Å². The molecule has 0 spiro atoms. The van der Waals surface area contributed by atoms with Crippen LogP contribution in [0, 0.1) is 5.82 Å². The Morgan fingerprint density at radius 2 is 1.46 bits per heavy atom. The maximum absolute atomic E-state index is 13.8. The van der Waals surface area contributed by atoms with Crippen LogP contribution in [0.15, 0.2) is 89.8 Å². The number of hydrogen-bond donors (Lipinski definition) is 1. The lowest BCUT2D eigenvalue weighted by atomic mass is 10.1. The first kappa shape index (κ1) is 27.9. The minimum Gasteiger partial charge on any atom is -0.352 e. The Bertz CT molecular complexity index is 1280. The summed E-state index contributed by atoms with van der Waals surface area (Å²) in [4.78, 5) is 28.3. The first-order valence-electron chi connectivity index (χ1n) is 12.1. The van der Waals surface area contributed by atoms with Gasteiger partial charge >= 0.3 is 0 Å². The average molecular weight is 526 g/mol. The number of halogens is 1. The molecule has 1 atom stereocenters. The topological polar surface area (TPSA) is 86.8 Å². The highest BCUT2D eigenvalue weighted by atomic mass is 32.2. The smallest absolute Gasteiger partial charge is 0.264 e. The summed E-state index contributed by atoms with van der Waals surface area (Å²) in [6, 6.07) is 20.9. The second kappa shape index (κ2) is 12.5. The molecule has 3 aromatic carbocycles. The van der Waals surface area contributed by atoms with Crippen molar-refractivity contribution in [2.75, 3.05) is 10.8 Å². The molecule has 0 aliphatic heterocycles. The van der Waals surface area contributed by atoms with E-state index in [0.717, 1.165) is 22.0 Å². The largest absolute Gasteiger partial charge is 0.352 e. The zero-order valence-corrected chi connectivity index (χ0v) is 22.0. The van der Waals surface area contributed by atoms with Crippen LogP contribution in [0.5, 0.6) is 0 Å². The van der Waals surface area contributed by atoms with Gasteiger partial charge in [0.25, 0.3) is 10.0 Å². The van der Waals surface area contributed by atoms with Gasteiger partial charge in [0.2, 0.25) is 11.8 Å². The number of rotatable bonds is 11. The molecule has 196 valence electrons. The van der Waals surface area contributed by atoms with Crippen molar-refractivity contribution >= 4 is 27.5 Å². The highest BCUT2D eigenvalue weighted by molar-refractivity contribution is 7.92.